The summed E-state index contributed by atoms with van der Waals surface area (Å²) in [5.41, 5.74) is 0.0893. The number of carboxylic acid groups (broad SMARTS) is 1. The van der Waals surface area contributed by atoms with Crippen molar-refractivity contribution in [2.45, 2.75) is 0 Å². The van der Waals surface area contributed by atoms with Gasteiger partial charge in [0.2, 0.25) is 0 Å². The van der Waals surface area contributed by atoms with Gasteiger partial charge in [-0.25, -0.2) is 9.78 Å². The molecule has 1 rings (SSSR count). The third kappa shape index (κ3) is 3.47. The highest BCUT2D eigenvalue weighted by Gasteiger charge is 2.10. The SMILES string of the molecule is C=C(Br)CNC(=O)c1ccnc(C(=O)O)c1. The summed E-state index contributed by atoms with van der Waals surface area (Å²) in [6.45, 7) is 3.84. The number of halogens is 1. The molecule has 0 aliphatic heterocycles. The second-order valence-corrected chi connectivity index (χ2v) is 4.06. The van der Waals surface area contributed by atoms with Gasteiger partial charge in [0.05, 0.1) is 0 Å². The second kappa shape index (κ2) is 5.41. The van der Waals surface area contributed by atoms with Crippen molar-refractivity contribution in [1.82, 2.24) is 10.3 Å². The van der Waals surface area contributed by atoms with Crippen LogP contribution in [0.1, 0.15) is 20.8 Å². The largest absolute Gasteiger partial charge is 0.477 e. The second-order valence-electron chi connectivity index (χ2n) is 2.93. The van der Waals surface area contributed by atoms with Crippen LogP contribution in [0.3, 0.4) is 0 Å². The molecule has 84 valence electrons. The maximum atomic E-state index is 11.5. The smallest absolute Gasteiger partial charge is 0.354 e. The van der Waals surface area contributed by atoms with E-state index in [2.05, 4.69) is 32.8 Å². The maximum absolute atomic E-state index is 11.5. The van der Waals surface area contributed by atoms with Gasteiger partial charge in [0, 0.05) is 22.8 Å². The summed E-state index contributed by atoms with van der Waals surface area (Å²) in [7, 11) is 0. The lowest BCUT2D eigenvalue weighted by Gasteiger charge is -2.04. The first-order valence-corrected chi connectivity index (χ1v) is 5.11. The maximum Gasteiger partial charge on any atom is 0.354 e. The van der Waals surface area contributed by atoms with Crippen molar-refractivity contribution in [2.75, 3.05) is 6.54 Å². The zero-order valence-electron chi connectivity index (χ0n) is 8.24. The highest BCUT2D eigenvalue weighted by atomic mass is 79.9. The minimum Gasteiger partial charge on any atom is -0.477 e. The van der Waals surface area contributed by atoms with Gasteiger partial charge >= 0.3 is 5.97 Å². The fourth-order valence-corrected chi connectivity index (χ4v) is 1.11. The Kier molecular flexibility index (Phi) is 4.19. The summed E-state index contributed by atoms with van der Waals surface area (Å²) < 4.78 is 0.633. The van der Waals surface area contributed by atoms with Crippen LogP contribution >= 0.6 is 15.9 Å². The molecule has 0 unspecified atom stereocenters. The number of hydrogen-bond acceptors (Lipinski definition) is 3. The first-order chi connectivity index (χ1) is 7.50. The topological polar surface area (TPSA) is 79.3 Å². The summed E-state index contributed by atoms with van der Waals surface area (Å²) in [4.78, 5) is 25.8. The predicted octanol–water partition coefficient (Wildman–Crippen LogP) is 1.42. The lowest BCUT2D eigenvalue weighted by Crippen LogP contribution is -2.24. The van der Waals surface area contributed by atoms with Crippen LogP contribution in [-0.2, 0) is 0 Å². The van der Waals surface area contributed by atoms with Gasteiger partial charge < -0.3 is 10.4 Å². The van der Waals surface area contributed by atoms with Crippen molar-refractivity contribution >= 4 is 27.8 Å². The molecule has 0 saturated carbocycles. The van der Waals surface area contributed by atoms with Crippen LogP contribution in [0.5, 0.6) is 0 Å². The van der Waals surface area contributed by atoms with E-state index in [1.165, 1.54) is 18.3 Å². The fourth-order valence-electron chi connectivity index (χ4n) is 0.967. The molecule has 0 aliphatic carbocycles. The minimum atomic E-state index is -1.17. The number of amides is 1. The molecule has 0 aliphatic rings. The molecule has 0 saturated heterocycles. The minimum absolute atomic E-state index is 0.162. The monoisotopic (exact) mass is 284 g/mol. The van der Waals surface area contributed by atoms with Crippen LogP contribution in [0, 0.1) is 0 Å². The van der Waals surface area contributed by atoms with E-state index in [1.807, 2.05) is 0 Å². The first kappa shape index (κ1) is 12.4. The van der Waals surface area contributed by atoms with Gasteiger partial charge in [-0.2, -0.15) is 0 Å². The number of rotatable bonds is 4. The number of nitrogens with zero attached hydrogens (tertiary/aromatic N) is 1. The average molecular weight is 285 g/mol. The van der Waals surface area contributed by atoms with Gasteiger partial charge in [-0.15, -0.1) is 0 Å². The summed E-state index contributed by atoms with van der Waals surface area (Å²) in [6, 6.07) is 2.66. The van der Waals surface area contributed by atoms with Gasteiger partial charge in [0.1, 0.15) is 5.69 Å². The van der Waals surface area contributed by atoms with Crippen LogP contribution in [-0.4, -0.2) is 28.5 Å². The molecule has 0 bridgehead atoms. The molecule has 1 amide bonds. The predicted molar refractivity (Wildman–Crippen MR) is 61.6 cm³/mol. The van der Waals surface area contributed by atoms with Crippen molar-refractivity contribution in [3.63, 3.8) is 0 Å². The van der Waals surface area contributed by atoms with E-state index < -0.39 is 5.97 Å². The average Bonchev–Trinajstić information content (AvgIpc) is 2.26. The molecule has 16 heavy (non-hydrogen) atoms. The van der Waals surface area contributed by atoms with Crippen LogP contribution in [0.15, 0.2) is 29.4 Å². The Morgan fingerprint density at radius 1 is 1.56 bits per heavy atom. The molecule has 0 atom stereocenters. The van der Waals surface area contributed by atoms with Crippen LogP contribution in [0.4, 0.5) is 0 Å². The number of pyridine rings is 1. The van der Waals surface area contributed by atoms with E-state index >= 15 is 0 Å². The van der Waals surface area contributed by atoms with E-state index in [-0.39, 0.29) is 23.7 Å². The summed E-state index contributed by atoms with van der Waals surface area (Å²) in [5, 5.41) is 11.3. The van der Waals surface area contributed by atoms with Gasteiger partial charge in [0.25, 0.3) is 5.91 Å². The summed E-state index contributed by atoms with van der Waals surface area (Å²) >= 11 is 3.10. The number of hydrogen-bond donors (Lipinski definition) is 2. The number of nitrogens with one attached hydrogen (secondary N) is 1. The van der Waals surface area contributed by atoms with Crippen molar-refractivity contribution < 1.29 is 14.7 Å². The molecule has 0 fully saturated rings. The van der Waals surface area contributed by atoms with Crippen molar-refractivity contribution in [2.24, 2.45) is 0 Å². The Balaban J connectivity index is 2.79. The number of aromatic nitrogens is 1. The lowest BCUT2D eigenvalue weighted by molar-refractivity contribution is 0.0690. The normalized spacial score (nSPS) is 9.56. The van der Waals surface area contributed by atoms with Crippen molar-refractivity contribution in [1.29, 1.82) is 0 Å². The lowest BCUT2D eigenvalue weighted by atomic mass is 10.2. The van der Waals surface area contributed by atoms with Crippen LogP contribution in [0.25, 0.3) is 0 Å². The molecule has 0 spiro atoms. The summed E-state index contributed by atoms with van der Waals surface area (Å²) in [5.74, 6) is -1.54. The van der Waals surface area contributed by atoms with Crippen LogP contribution in [0.2, 0.25) is 0 Å². The van der Waals surface area contributed by atoms with Crippen molar-refractivity contribution in [3.8, 4) is 0 Å². The van der Waals surface area contributed by atoms with Crippen molar-refractivity contribution in [3.05, 3.63) is 40.6 Å². The molecule has 2 N–H and O–H groups in total. The molecular weight excluding hydrogens is 276 g/mol. The molecule has 1 aromatic heterocycles. The molecule has 5 nitrogen and oxygen atoms in total. The van der Waals surface area contributed by atoms with Gasteiger partial charge in [-0.3, -0.25) is 4.79 Å². The van der Waals surface area contributed by atoms with E-state index in [4.69, 9.17) is 5.11 Å². The van der Waals surface area contributed by atoms with Crippen LogP contribution < -0.4 is 5.32 Å². The quantitative estimate of drug-likeness (QED) is 0.876. The zero-order chi connectivity index (χ0) is 12.1. The number of carbonyl (C=O) groups excluding carboxylic acids is 1. The van der Waals surface area contributed by atoms with E-state index in [0.717, 1.165) is 0 Å². The zero-order valence-corrected chi connectivity index (χ0v) is 9.82. The Morgan fingerprint density at radius 3 is 2.81 bits per heavy atom. The highest BCUT2D eigenvalue weighted by Crippen LogP contribution is 2.03. The first-order valence-electron chi connectivity index (χ1n) is 4.31. The van der Waals surface area contributed by atoms with Gasteiger partial charge in [-0.05, 0) is 12.1 Å². The molecule has 0 radical (unpaired) electrons. The summed E-state index contributed by atoms with van der Waals surface area (Å²) in [6.07, 6.45) is 1.28. The van der Waals surface area contributed by atoms with Gasteiger partial charge in [0.15, 0.2) is 0 Å². The van der Waals surface area contributed by atoms with E-state index in [9.17, 15) is 9.59 Å². The molecule has 1 heterocycles. The number of carbonyl (C=O) groups is 2. The number of aromatic carboxylic acids is 1. The Labute approximate surface area is 100 Å². The van der Waals surface area contributed by atoms with Gasteiger partial charge in [-0.1, -0.05) is 22.5 Å². The van der Waals surface area contributed by atoms with E-state index in [0.29, 0.717) is 4.48 Å². The van der Waals surface area contributed by atoms with E-state index in [1.54, 1.807) is 0 Å². The number of carboxylic acids is 1. The Hall–Kier alpha value is -1.69. The standard InChI is InChI=1S/C10H9BrN2O3/c1-6(11)5-13-9(14)7-2-3-12-8(4-7)10(15)16/h2-4H,1,5H2,(H,13,14)(H,15,16). The molecule has 1 aromatic rings. The third-order valence-electron chi connectivity index (χ3n) is 1.68. The Morgan fingerprint density at radius 2 is 2.25 bits per heavy atom. The molecular formula is C10H9BrN2O3. The molecule has 6 heteroatoms. The Bertz CT molecular complexity index is 445. The third-order valence-corrected chi connectivity index (χ3v) is 1.96. The fraction of sp³-hybridized carbons (Fsp3) is 0.100. The molecule has 0 aromatic carbocycles. The highest BCUT2D eigenvalue weighted by molar-refractivity contribution is 9.11.